The largest absolute Gasteiger partial charge is 0.0998 e. The van der Waals surface area contributed by atoms with Crippen LogP contribution in [0.5, 0.6) is 0 Å². The first-order valence-electron chi connectivity index (χ1n) is 3.10. The zero-order valence-electron chi connectivity index (χ0n) is 6.28. The van der Waals surface area contributed by atoms with Crippen LogP contribution in [0.25, 0.3) is 0 Å². The highest BCUT2D eigenvalue weighted by Gasteiger charge is 1.80. The fraction of sp³-hybridized carbons (Fsp3) is 0.333. The van der Waals surface area contributed by atoms with Crippen molar-refractivity contribution in [2.45, 2.75) is 20.3 Å². The monoisotopic (exact) mass is 122 g/mol. The molecule has 0 fully saturated rings. The van der Waals surface area contributed by atoms with Gasteiger partial charge in [0.25, 0.3) is 0 Å². The summed E-state index contributed by atoms with van der Waals surface area (Å²) in [6.45, 7) is 11.5. The number of hydrogen-bond acceptors (Lipinski definition) is 0. The molecule has 0 nitrogen and oxygen atoms in total. The Kier molecular flexibility index (Phi) is 3.78. The van der Waals surface area contributed by atoms with E-state index < -0.39 is 0 Å². The van der Waals surface area contributed by atoms with Crippen LogP contribution in [-0.4, -0.2) is 0 Å². The maximum Gasteiger partial charge on any atom is -0.0139 e. The number of allylic oxidation sites excluding steroid dienone is 4. The van der Waals surface area contributed by atoms with Gasteiger partial charge in [0.05, 0.1) is 0 Å². The molecule has 0 atom stereocenters. The van der Waals surface area contributed by atoms with Crippen molar-refractivity contribution in [3.63, 3.8) is 0 Å². The van der Waals surface area contributed by atoms with E-state index in [1.807, 2.05) is 19.9 Å². The zero-order valence-corrected chi connectivity index (χ0v) is 6.28. The first-order chi connectivity index (χ1) is 4.16. The third-order valence-corrected chi connectivity index (χ3v) is 1.09. The van der Waals surface area contributed by atoms with Gasteiger partial charge in [0.1, 0.15) is 0 Å². The minimum atomic E-state index is 0.970. The lowest BCUT2D eigenvalue weighted by molar-refractivity contribution is 1.20. The van der Waals surface area contributed by atoms with Crippen LogP contribution < -0.4 is 0 Å². The van der Waals surface area contributed by atoms with E-state index in [4.69, 9.17) is 0 Å². The van der Waals surface area contributed by atoms with Gasteiger partial charge in [-0.3, -0.25) is 0 Å². The SMILES string of the molecule is C=CC(C)=CCC(=C)C. The highest BCUT2D eigenvalue weighted by molar-refractivity contribution is 5.15. The average Bonchev–Trinajstić information content (AvgIpc) is 1.83. The molecule has 0 radical (unpaired) electrons. The Morgan fingerprint density at radius 2 is 2.00 bits per heavy atom. The van der Waals surface area contributed by atoms with Crippen molar-refractivity contribution in [3.8, 4) is 0 Å². The van der Waals surface area contributed by atoms with E-state index in [9.17, 15) is 0 Å². The van der Waals surface area contributed by atoms with E-state index in [-0.39, 0.29) is 0 Å². The van der Waals surface area contributed by atoms with Gasteiger partial charge in [-0.05, 0) is 20.3 Å². The molecule has 0 aromatic heterocycles. The van der Waals surface area contributed by atoms with Gasteiger partial charge >= 0.3 is 0 Å². The Morgan fingerprint density at radius 1 is 1.44 bits per heavy atom. The van der Waals surface area contributed by atoms with Crippen LogP contribution in [-0.2, 0) is 0 Å². The molecule has 0 heterocycles. The minimum absolute atomic E-state index is 0.970. The van der Waals surface area contributed by atoms with E-state index in [1.165, 1.54) is 11.1 Å². The summed E-state index contributed by atoms with van der Waals surface area (Å²) < 4.78 is 0. The van der Waals surface area contributed by atoms with Crippen LogP contribution in [0.3, 0.4) is 0 Å². The molecule has 0 aliphatic rings. The van der Waals surface area contributed by atoms with E-state index in [1.54, 1.807) is 0 Å². The zero-order chi connectivity index (χ0) is 7.28. The highest BCUT2D eigenvalue weighted by Crippen LogP contribution is 2.01. The van der Waals surface area contributed by atoms with Crippen molar-refractivity contribution in [2.24, 2.45) is 0 Å². The summed E-state index contributed by atoms with van der Waals surface area (Å²) in [6.07, 6.45) is 4.94. The van der Waals surface area contributed by atoms with Crippen molar-refractivity contribution in [2.75, 3.05) is 0 Å². The van der Waals surface area contributed by atoms with Gasteiger partial charge in [-0.1, -0.05) is 36.5 Å². The fourth-order valence-electron chi connectivity index (χ4n) is 0.419. The fourth-order valence-corrected chi connectivity index (χ4v) is 0.419. The summed E-state index contributed by atoms with van der Waals surface area (Å²) in [5.41, 5.74) is 2.41. The molecule has 50 valence electrons. The van der Waals surface area contributed by atoms with E-state index in [0.717, 1.165) is 6.42 Å². The third kappa shape index (κ3) is 5.09. The summed E-state index contributed by atoms with van der Waals surface area (Å²) in [5.74, 6) is 0. The molecule has 0 heteroatoms. The molecular formula is C9H14. The molecule has 0 bridgehead atoms. The predicted molar refractivity (Wildman–Crippen MR) is 43.4 cm³/mol. The van der Waals surface area contributed by atoms with Crippen LogP contribution in [0.4, 0.5) is 0 Å². The van der Waals surface area contributed by atoms with Crippen LogP contribution in [0.1, 0.15) is 20.3 Å². The number of rotatable bonds is 3. The summed E-state index contributed by atoms with van der Waals surface area (Å²) >= 11 is 0. The molecule has 0 aromatic carbocycles. The lowest BCUT2D eigenvalue weighted by Crippen LogP contribution is -1.70. The summed E-state index contributed by atoms with van der Waals surface area (Å²) in [7, 11) is 0. The molecule has 0 spiro atoms. The molecule has 0 N–H and O–H groups in total. The van der Waals surface area contributed by atoms with Gasteiger partial charge in [0.15, 0.2) is 0 Å². The summed E-state index contributed by atoms with van der Waals surface area (Å²) in [4.78, 5) is 0. The first kappa shape index (κ1) is 8.22. The second-order valence-electron chi connectivity index (χ2n) is 2.31. The maximum absolute atomic E-state index is 3.78. The van der Waals surface area contributed by atoms with Crippen molar-refractivity contribution in [3.05, 3.63) is 36.5 Å². The standard InChI is InChI=1S/C9H14/c1-5-9(4)7-6-8(2)3/h5,7H,1-2,6H2,3-4H3. The Bertz CT molecular complexity index is 138. The third-order valence-electron chi connectivity index (χ3n) is 1.09. The van der Waals surface area contributed by atoms with Crippen LogP contribution in [0, 0.1) is 0 Å². The number of hydrogen-bond donors (Lipinski definition) is 0. The second-order valence-corrected chi connectivity index (χ2v) is 2.31. The van der Waals surface area contributed by atoms with Gasteiger partial charge in [-0.2, -0.15) is 0 Å². The normalized spacial score (nSPS) is 11.1. The molecule has 9 heavy (non-hydrogen) atoms. The smallest absolute Gasteiger partial charge is 0.0139 e. The van der Waals surface area contributed by atoms with Gasteiger partial charge in [-0.25, -0.2) is 0 Å². The Balaban J connectivity index is 3.69. The van der Waals surface area contributed by atoms with Gasteiger partial charge in [0.2, 0.25) is 0 Å². The molecule has 0 unspecified atom stereocenters. The summed E-state index contributed by atoms with van der Waals surface area (Å²) in [5, 5.41) is 0. The molecule has 0 aliphatic carbocycles. The van der Waals surface area contributed by atoms with E-state index >= 15 is 0 Å². The quantitative estimate of drug-likeness (QED) is 0.398. The molecule has 0 saturated heterocycles. The Morgan fingerprint density at radius 3 is 2.33 bits per heavy atom. The van der Waals surface area contributed by atoms with Crippen LogP contribution in [0.15, 0.2) is 36.5 Å². The van der Waals surface area contributed by atoms with E-state index in [2.05, 4.69) is 19.2 Å². The van der Waals surface area contributed by atoms with Gasteiger partial charge in [-0.15, -0.1) is 0 Å². The molecule has 0 rings (SSSR count). The highest BCUT2D eigenvalue weighted by atomic mass is 13.9. The lowest BCUT2D eigenvalue weighted by atomic mass is 10.2. The minimum Gasteiger partial charge on any atom is -0.0998 e. The molecular weight excluding hydrogens is 108 g/mol. The predicted octanol–water partition coefficient (Wildman–Crippen LogP) is 3.08. The Labute approximate surface area is 57.6 Å². The topological polar surface area (TPSA) is 0 Å². The van der Waals surface area contributed by atoms with Crippen LogP contribution in [0.2, 0.25) is 0 Å². The first-order valence-corrected chi connectivity index (χ1v) is 3.10. The molecule has 0 saturated carbocycles. The van der Waals surface area contributed by atoms with Crippen molar-refractivity contribution >= 4 is 0 Å². The second kappa shape index (κ2) is 4.13. The Hall–Kier alpha value is -0.780. The molecule has 0 aliphatic heterocycles. The average molecular weight is 122 g/mol. The van der Waals surface area contributed by atoms with Gasteiger partial charge in [0, 0.05) is 0 Å². The summed E-state index contributed by atoms with van der Waals surface area (Å²) in [6, 6.07) is 0. The maximum atomic E-state index is 3.78. The van der Waals surface area contributed by atoms with E-state index in [0.29, 0.717) is 0 Å². The van der Waals surface area contributed by atoms with Crippen LogP contribution >= 0.6 is 0 Å². The van der Waals surface area contributed by atoms with Crippen molar-refractivity contribution in [1.82, 2.24) is 0 Å². The van der Waals surface area contributed by atoms with Crippen molar-refractivity contribution < 1.29 is 0 Å². The lowest BCUT2D eigenvalue weighted by Gasteiger charge is -1.91. The molecule has 0 aromatic rings. The van der Waals surface area contributed by atoms with Crippen molar-refractivity contribution in [1.29, 1.82) is 0 Å². The molecule has 0 amide bonds. The van der Waals surface area contributed by atoms with Gasteiger partial charge < -0.3 is 0 Å².